The Bertz CT molecular complexity index is 293. The fourth-order valence-electron chi connectivity index (χ4n) is 4.70. The molecule has 0 heterocycles. The molecule has 22 heavy (non-hydrogen) atoms. The highest BCUT2D eigenvalue weighted by Crippen LogP contribution is 2.37. The monoisotopic (exact) mass is 306 g/mol. The predicted octanol–water partition coefficient (Wildman–Crippen LogP) is 6.38. The second kappa shape index (κ2) is 10.5. The lowest BCUT2D eigenvalue weighted by molar-refractivity contribution is 0.115. The molecule has 0 aromatic heterocycles. The van der Waals surface area contributed by atoms with Crippen LogP contribution < -0.4 is 0 Å². The molecule has 0 atom stereocenters. The first-order chi connectivity index (χ1) is 10.8. The number of hydrogen-bond donors (Lipinski definition) is 0. The minimum Gasteiger partial charge on any atom is -0.384 e. The average molecular weight is 307 g/mol. The standard InChI is InChI=1S/C21H38O/c1-3-4-5-6-18-7-9-19(10-8-18)11-12-20-13-15-21(16-14-20)17-22-2/h3-4,18-21H,5-17H2,1-2H3/b4-3+. The number of hydrogen-bond acceptors (Lipinski definition) is 1. The third-order valence-electron chi connectivity index (χ3n) is 6.30. The van der Waals surface area contributed by atoms with Crippen LogP contribution in [0.4, 0.5) is 0 Å². The maximum absolute atomic E-state index is 5.31. The normalized spacial score (nSPS) is 33.4. The van der Waals surface area contributed by atoms with Crippen LogP contribution in [0.1, 0.15) is 84.0 Å². The van der Waals surface area contributed by atoms with Crippen molar-refractivity contribution in [2.24, 2.45) is 23.7 Å². The van der Waals surface area contributed by atoms with Crippen molar-refractivity contribution in [3.8, 4) is 0 Å². The SMILES string of the molecule is C/C=C/CCC1CCC(CCC2CCC(COC)CC2)CC1. The van der Waals surface area contributed by atoms with E-state index < -0.39 is 0 Å². The van der Waals surface area contributed by atoms with Gasteiger partial charge in [0.05, 0.1) is 0 Å². The summed E-state index contributed by atoms with van der Waals surface area (Å²) in [6, 6.07) is 0. The summed E-state index contributed by atoms with van der Waals surface area (Å²) < 4.78 is 5.31. The Balaban J connectivity index is 1.54. The van der Waals surface area contributed by atoms with Gasteiger partial charge in [0.15, 0.2) is 0 Å². The summed E-state index contributed by atoms with van der Waals surface area (Å²) in [6.45, 7) is 3.13. The second-order valence-electron chi connectivity index (χ2n) is 7.95. The van der Waals surface area contributed by atoms with Gasteiger partial charge in [-0.05, 0) is 56.3 Å². The topological polar surface area (TPSA) is 9.23 Å². The van der Waals surface area contributed by atoms with E-state index in [0.717, 1.165) is 30.3 Å². The lowest BCUT2D eigenvalue weighted by Gasteiger charge is -2.31. The zero-order chi connectivity index (χ0) is 15.6. The van der Waals surface area contributed by atoms with E-state index in [1.807, 2.05) is 7.11 Å². The molecule has 0 unspecified atom stereocenters. The van der Waals surface area contributed by atoms with Crippen LogP contribution in [0.2, 0.25) is 0 Å². The summed E-state index contributed by atoms with van der Waals surface area (Å²) >= 11 is 0. The van der Waals surface area contributed by atoms with E-state index in [2.05, 4.69) is 19.1 Å². The van der Waals surface area contributed by atoms with Gasteiger partial charge in [0, 0.05) is 13.7 Å². The van der Waals surface area contributed by atoms with E-state index in [9.17, 15) is 0 Å². The Labute approximate surface area is 138 Å². The third kappa shape index (κ3) is 6.44. The highest BCUT2D eigenvalue weighted by molar-refractivity contribution is 4.81. The molecule has 1 nitrogen and oxygen atoms in total. The van der Waals surface area contributed by atoms with E-state index >= 15 is 0 Å². The van der Waals surface area contributed by atoms with Gasteiger partial charge in [0.1, 0.15) is 0 Å². The smallest absolute Gasteiger partial charge is 0.0490 e. The molecule has 0 radical (unpaired) electrons. The molecule has 0 bridgehead atoms. The molecule has 0 aromatic rings. The van der Waals surface area contributed by atoms with Crippen molar-refractivity contribution in [3.63, 3.8) is 0 Å². The molecular weight excluding hydrogens is 268 g/mol. The maximum Gasteiger partial charge on any atom is 0.0490 e. The van der Waals surface area contributed by atoms with Crippen LogP contribution >= 0.6 is 0 Å². The lowest BCUT2D eigenvalue weighted by atomic mass is 9.75. The molecule has 1 heteroatoms. The van der Waals surface area contributed by atoms with Gasteiger partial charge in [-0.1, -0.05) is 63.5 Å². The van der Waals surface area contributed by atoms with Gasteiger partial charge in [-0.2, -0.15) is 0 Å². The number of ether oxygens (including phenoxy) is 1. The molecule has 0 aromatic carbocycles. The van der Waals surface area contributed by atoms with Crippen molar-refractivity contribution >= 4 is 0 Å². The average Bonchev–Trinajstić information content (AvgIpc) is 2.56. The minimum atomic E-state index is 0.855. The molecule has 2 saturated carbocycles. The first-order valence-electron chi connectivity index (χ1n) is 9.91. The van der Waals surface area contributed by atoms with Crippen molar-refractivity contribution in [1.29, 1.82) is 0 Å². The molecule has 0 saturated heterocycles. The molecule has 2 rings (SSSR count). The molecule has 0 N–H and O–H groups in total. The van der Waals surface area contributed by atoms with Gasteiger partial charge >= 0.3 is 0 Å². The van der Waals surface area contributed by atoms with Crippen LogP contribution in [0.5, 0.6) is 0 Å². The van der Waals surface area contributed by atoms with Gasteiger partial charge in [0.2, 0.25) is 0 Å². The van der Waals surface area contributed by atoms with Gasteiger partial charge in [-0.25, -0.2) is 0 Å². The summed E-state index contributed by atoms with van der Waals surface area (Å²) in [5.74, 6) is 3.96. The van der Waals surface area contributed by atoms with E-state index in [1.165, 1.54) is 77.0 Å². The van der Waals surface area contributed by atoms with Crippen molar-refractivity contribution in [2.75, 3.05) is 13.7 Å². The van der Waals surface area contributed by atoms with Gasteiger partial charge in [0.25, 0.3) is 0 Å². The highest BCUT2D eigenvalue weighted by atomic mass is 16.5. The van der Waals surface area contributed by atoms with E-state index in [4.69, 9.17) is 4.74 Å². The Morgan fingerprint density at radius 3 is 1.64 bits per heavy atom. The van der Waals surface area contributed by atoms with Gasteiger partial charge in [-0.15, -0.1) is 0 Å². The van der Waals surface area contributed by atoms with Crippen molar-refractivity contribution in [2.45, 2.75) is 84.0 Å². The summed E-state index contributed by atoms with van der Waals surface area (Å²) in [6.07, 6.45) is 22.1. The molecular formula is C21H38O. The van der Waals surface area contributed by atoms with Crippen LogP contribution in [-0.4, -0.2) is 13.7 Å². The summed E-state index contributed by atoms with van der Waals surface area (Å²) in [4.78, 5) is 0. The molecule has 0 aliphatic heterocycles. The molecule has 0 amide bonds. The Kier molecular flexibility index (Phi) is 8.59. The highest BCUT2D eigenvalue weighted by Gasteiger charge is 2.24. The molecule has 0 spiro atoms. The zero-order valence-electron chi connectivity index (χ0n) is 15.1. The first kappa shape index (κ1) is 18.0. The molecule has 128 valence electrons. The Hall–Kier alpha value is -0.300. The van der Waals surface area contributed by atoms with E-state index in [-0.39, 0.29) is 0 Å². The Morgan fingerprint density at radius 1 is 0.727 bits per heavy atom. The third-order valence-corrected chi connectivity index (χ3v) is 6.30. The van der Waals surface area contributed by atoms with Gasteiger partial charge < -0.3 is 4.74 Å². The van der Waals surface area contributed by atoms with Crippen molar-refractivity contribution < 1.29 is 4.74 Å². The summed E-state index contributed by atoms with van der Waals surface area (Å²) in [7, 11) is 1.85. The van der Waals surface area contributed by atoms with Gasteiger partial charge in [-0.3, -0.25) is 0 Å². The molecule has 2 aliphatic rings. The maximum atomic E-state index is 5.31. The van der Waals surface area contributed by atoms with Crippen LogP contribution in [0, 0.1) is 23.7 Å². The number of rotatable bonds is 8. The largest absolute Gasteiger partial charge is 0.384 e. The number of methoxy groups -OCH3 is 1. The lowest BCUT2D eigenvalue weighted by Crippen LogP contribution is -2.20. The second-order valence-corrected chi connectivity index (χ2v) is 7.95. The minimum absolute atomic E-state index is 0.855. The Morgan fingerprint density at radius 2 is 1.18 bits per heavy atom. The molecule has 2 aliphatic carbocycles. The van der Waals surface area contributed by atoms with E-state index in [1.54, 1.807) is 0 Å². The quantitative estimate of drug-likeness (QED) is 0.473. The van der Waals surface area contributed by atoms with Crippen LogP contribution in [-0.2, 0) is 4.74 Å². The fourth-order valence-corrected chi connectivity index (χ4v) is 4.70. The van der Waals surface area contributed by atoms with Crippen molar-refractivity contribution in [1.82, 2.24) is 0 Å². The van der Waals surface area contributed by atoms with Crippen LogP contribution in [0.3, 0.4) is 0 Å². The molecule has 2 fully saturated rings. The van der Waals surface area contributed by atoms with Crippen LogP contribution in [0.25, 0.3) is 0 Å². The fraction of sp³-hybridized carbons (Fsp3) is 0.905. The van der Waals surface area contributed by atoms with Crippen molar-refractivity contribution in [3.05, 3.63) is 12.2 Å². The summed E-state index contributed by atoms with van der Waals surface area (Å²) in [5.41, 5.74) is 0. The predicted molar refractivity (Wildman–Crippen MR) is 96.1 cm³/mol. The zero-order valence-corrected chi connectivity index (χ0v) is 15.1. The summed E-state index contributed by atoms with van der Waals surface area (Å²) in [5, 5.41) is 0. The number of allylic oxidation sites excluding steroid dienone is 2. The first-order valence-corrected chi connectivity index (χ1v) is 9.91. The van der Waals surface area contributed by atoms with E-state index in [0.29, 0.717) is 0 Å². The van der Waals surface area contributed by atoms with Crippen LogP contribution in [0.15, 0.2) is 12.2 Å².